The third kappa shape index (κ3) is 4.74. The molecule has 0 atom stereocenters. The fourth-order valence-electron chi connectivity index (χ4n) is 3.94. The second-order valence-corrected chi connectivity index (χ2v) is 8.44. The maximum atomic E-state index is 13.1. The smallest absolute Gasteiger partial charge is 0.371 e. The quantitative estimate of drug-likeness (QED) is 0.288. The van der Waals surface area contributed by atoms with Crippen molar-refractivity contribution < 1.29 is 22.8 Å². The maximum Gasteiger partial charge on any atom is 0.416 e. The lowest BCUT2D eigenvalue weighted by molar-refractivity contribution is -0.137. The van der Waals surface area contributed by atoms with Gasteiger partial charge in [-0.2, -0.15) is 13.2 Å². The maximum absolute atomic E-state index is 13.1. The zero-order valence-corrected chi connectivity index (χ0v) is 18.9. The van der Waals surface area contributed by atoms with Gasteiger partial charge in [0.25, 0.3) is 11.8 Å². The molecule has 1 saturated heterocycles. The number of halogens is 4. The highest BCUT2D eigenvalue weighted by Gasteiger charge is 2.36. The van der Waals surface area contributed by atoms with Crippen LogP contribution < -0.4 is 15.1 Å². The van der Waals surface area contributed by atoms with Crippen LogP contribution in [0.2, 0.25) is 0 Å². The fraction of sp³-hybridized carbons (Fsp3) is 0.261. The summed E-state index contributed by atoms with van der Waals surface area (Å²) in [5.74, 6) is -0.901. The van der Waals surface area contributed by atoms with Crippen molar-refractivity contribution in [1.82, 2.24) is 5.32 Å². The summed E-state index contributed by atoms with van der Waals surface area (Å²) >= 11 is 10.9. The van der Waals surface area contributed by atoms with Crippen molar-refractivity contribution in [3.05, 3.63) is 64.7 Å². The molecule has 0 spiro atoms. The van der Waals surface area contributed by atoms with Gasteiger partial charge in [0.15, 0.2) is 5.11 Å². The predicted octanol–water partition coefficient (Wildman–Crippen LogP) is 4.53. The zero-order valence-electron chi connectivity index (χ0n) is 17.3. The van der Waals surface area contributed by atoms with Crippen LogP contribution in [-0.4, -0.2) is 35.9 Å². The summed E-state index contributed by atoms with van der Waals surface area (Å²) in [6.45, 7) is 1.71. The van der Waals surface area contributed by atoms with E-state index in [1.54, 1.807) is 6.07 Å². The van der Waals surface area contributed by atoms with Gasteiger partial charge >= 0.3 is 6.18 Å². The Bertz CT molecular complexity index is 1170. The Morgan fingerprint density at radius 3 is 2.67 bits per heavy atom. The molecule has 0 aliphatic carbocycles. The highest BCUT2D eigenvalue weighted by molar-refractivity contribution is 7.80. The molecule has 2 aliphatic rings. The molecule has 2 heterocycles. The highest BCUT2D eigenvalue weighted by atomic mass is 35.5. The molecule has 33 heavy (non-hydrogen) atoms. The Balaban J connectivity index is 1.64. The SMILES string of the molecule is O=C1NC(=S)N(c2cccc(C(F)(F)F)c2)C(=O)/C1=C/c1ccc2c(c1)CCN2CCCCl. The summed E-state index contributed by atoms with van der Waals surface area (Å²) in [5.41, 5.74) is 1.62. The Kier molecular flexibility index (Phi) is 6.45. The van der Waals surface area contributed by atoms with E-state index in [4.69, 9.17) is 23.8 Å². The van der Waals surface area contributed by atoms with E-state index in [2.05, 4.69) is 10.2 Å². The predicted molar refractivity (Wildman–Crippen MR) is 125 cm³/mol. The Hall–Kier alpha value is -2.91. The average molecular weight is 494 g/mol. The lowest BCUT2D eigenvalue weighted by atomic mass is 10.0. The molecule has 1 fully saturated rings. The molecule has 2 aromatic carbocycles. The molecule has 172 valence electrons. The topological polar surface area (TPSA) is 52.7 Å². The number of anilines is 2. The second-order valence-electron chi connectivity index (χ2n) is 7.67. The molecule has 0 bridgehead atoms. The monoisotopic (exact) mass is 493 g/mol. The van der Waals surface area contributed by atoms with Crippen molar-refractivity contribution >= 4 is 58.2 Å². The van der Waals surface area contributed by atoms with Gasteiger partial charge in [-0.1, -0.05) is 12.1 Å². The second kappa shape index (κ2) is 9.15. The first-order valence-corrected chi connectivity index (χ1v) is 11.2. The molecule has 5 nitrogen and oxygen atoms in total. The van der Waals surface area contributed by atoms with Crippen LogP contribution in [0.3, 0.4) is 0 Å². The van der Waals surface area contributed by atoms with E-state index < -0.39 is 23.6 Å². The highest BCUT2D eigenvalue weighted by Crippen LogP contribution is 2.33. The van der Waals surface area contributed by atoms with Crippen LogP contribution in [0, 0.1) is 0 Å². The van der Waals surface area contributed by atoms with E-state index in [1.807, 2.05) is 12.1 Å². The van der Waals surface area contributed by atoms with Crippen LogP contribution >= 0.6 is 23.8 Å². The number of rotatable bonds is 5. The minimum atomic E-state index is -4.58. The third-order valence-corrected chi connectivity index (χ3v) is 6.05. The molecule has 2 aliphatic heterocycles. The van der Waals surface area contributed by atoms with Crippen molar-refractivity contribution in [3.8, 4) is 0 Å². The standard InChI is InChI=1S/C23H19ClF3N3O2S/c24-8-2-9-29-10-7-15-11-14(5-6-19(15)29)12-18-20(31)28-22(33)30(21(18)32)17-4-1-3-16(13-17)23(25,26)27/h1,3-6,11-13H,2,7-10H2,(H,28,31,33)/b18-12+. The van der Waals surface area contributed by atoms with Gasteiger partial charge in [-0.25, -0.2) is 0 Å². The van der Waals surface area contributed by atoms with Crippen molar-refractivity contribution in [2.45, 2.75) is 19.0 Å². The van der Waals surface area contributed by atoms with E-state index in [0.717, 1.165) is 54.2 Å². The lowest BCUT2D eigenvalue weighted by Gasteiger charge is -2.29. The summed E-state index contributed by atoms with van der Waals surface area (Å²) in [6, 6.07) is 9.88. The third-order valence-electron chi connectivity index (χ3n) is 5.50. The van der Waals surface area contributed by atoms with Crippen LogP contribution in [-0.2, 0) is 22.2 Å². The first kappa shape index (κ1) is 23.3. The van der Waals surface area contributed by atoms with E-state index in [1.165, 1.54) is 18.2 Å². The van der Waals surface area contributed by atoms with Crippen molar-refractivity contribution in [2.24, 2.45) is 0 Å². The molecule has 1 N–H and O–H groups in total. The van der Waals surface area contributed by atoms with Gasteiger partial charge in [0.2, 0.25) is 0 Å². The fourth-order valence-corrected chi connectivity index (χ4v) is 4.34. The van der Waals surface area contributed by atoms with Gasteiger partial charge in [-0.15, -0.1) is 11.6 Å². The van der Waals surface area contributed by atoms with Crippen LogP contribution in [0.1, 0.15) is 23.1 Å². The average Bonchev–Trinajstić information content (AvgIpc) is 3.17. The largest absolute Gasteiger partial charge is 0.416 e. The number of nitrogens with one attached hydrogen (secondary N) is 1. The number of amides is 2. The van der Waals surface area contributed by atoms with Gasteiger partial charge in [-0.05, 0) is 72.6 Å². The summed E-state index contributed by atoms with van der Waals surface area (Å²) < 4.78 is 39.4. The van der Waals surface area contributed by atoms with Crippen LogP contribution in [0.25, 0.3) is 6.08 Å². The molecule has 0 radical (unpaired) electrons. The number of carbonyl (C=O) groups excluding carboxylic acids is 2. The Morgan fingerprint density at radius 2 is 1.94 bits per heavy atom. The molecule has 0 aromatic heterocycles. The normalized spacial score (nSPS) is 17.6. The van der Waals surface area contributed by atoms with Crippen LogP contribution in [0.4, 0.5) is 24.5 Å². The molecular formula is C23H19ClF3N3O2S. The molecular weight excluding hydrogens is 475 g/mol. The Labute approximate surface area is 198 Å². The zero-order chi connectivity index (χ0) is 23.8. The van der Waals surface area contributed by atoms with Crippen LogP contribution in [0.15, 0.2) is 48.0 Å². The molecule has 2 aromatic rings. The van der Waals surface area contributed by atoms with Gasteiger partial charge < -0.3 is 4.90 Å². The van der Waals surface area contributed by atoms with Crippen molar-refractivity contribution in [2.75, 3.05) is 28.8 Å². The summed E-state index contributed by atoms with van der Waals surface area (Å²) in [7, 11) is 0. The number of hydrogen-bond acceptors (Lipinski definition) is 4. The molecule has 2 amide bonds. The van der Waals surface area contributed by atoms with Gasteiger partial charge in [0.05, 0.1) is 11.3 Å². The van der Waals surface area contributed by atoms with E-state index >= 15 is 0 Å². The number of hydrogen-bond donors (Lipinski definition) is 1. The van der Waals surface area contributed by atoms with Gasteiger partial charge in [-0.3, -0.25) is 19.8 Å². The number of alkyl halides is 4. The minimum Gasteiger partial charge on any atom is -0.371 e. The van der Waals surface area contributed by atoms with Gasteiger partial charge in [0, 0.05) is 24.7 Å². The molecule has 10 heteroatoms. The van der Waals surface area contributed by atoms with Crippen molar-refractivity contribution in [1.29, 1.82) is 0 Å². The number of fused-ring (bicyclic) bond motifs is 1. The summed E-state index contributed by atoms with van der Waals surface area (Å²) in [6.07, 6.45) is -1.45. The summed E-state index contributed by atoms with van der Waals surface area (Å²) in [5, 5.41) is 2.12. The first-order chi connectivity index (χ1) is 15.7. The van der Waals surface area contributed by atoms with Crippen LogP contribution in [0.5, 0.6) is 0 Å². The lowest BCUT2D eigenvalue weighted by Crippen LogP contribution is -2.54. The Morgan fingerprint density at radius 1 is 1.15 bits per heavy atom. The summed E-state index contributed by atoms with van der Waals surface area (Å²) in [4.78, 5) is 28.8. The van der Waals surface area contributed by atoms with E-state index in [9.17, 15) is 22.8 Å². The number of carbonyl (C=O) groups is 2. The molecule has 0 unspecified atom stereocenters. The number of nitrogens with zero attached hydrogens (tertiary/aromatic N) is 2. The number of thiocarbonyl (C=S) groups is 1. The van der Waals surface area contributed by atoms with Gasteiger partial charge in [0.1, 0.15) is 5.57 Å². The molecule has 0 saturated carbocycles. The van der Waals surface area contributed by atoms with Crippen molar-refractivity contribution in [3.63, 3.8) is 0 Å². The minimum absolute atomic E-state index is 0.0744. The van der Waals surface area contributed by atoms with E-state index in [-0.39, 0.29) is 16.4 Å². The first-order valence-electron chi connectivity index (χ1n) is 10.2. The number of benzene rings is 2. The van der Waals surface area contributed by atoms with E-state index in [0.29, 0.717) is 11.4 Å². The molecule has 4 rings (SSSR count).